The molecule has 144 valence electrons. The van der Waals surface area contributed by atoms with Crippen molar-refractivity contribution in [3.05, 3.63) is 70.7 Å². The molecule has 2 aromatic carbocycles. The smallest absolute Gasteiger partial charge is 0.221 e. The number of halogens is 1. The minimum atomic E-state index is 0.142. The molecule has 1 fully saturated rings. The van der Waals surface area contributed by atoms with E-state index in [4.69, 9.17) is 11.6 Å². The molecule has 0 radical (unpaired) electrons. The number of benzene rings is 2. The maximum atomic E-state index is 12.1. The molecule has 1 N–H and O–H groups in total. The third-order valence-electron chi connectivity index (χ3n) is 5.35. The van der Waals surface area contributed by atoms with Crippen LogP contribution >= 0.6 is 11.6 Å². The lowest BCUT2D eigenvalue weighted by molar-refractivity contribution is -0.121. The summed E-state index contributed by atoms with van der Waals surface area (Å²) in [4.78, 5) is 14.5. The molecule has 1 aliphatic heterocycles. The van der Waals surface area contributed by atoms with Crippen LogP contribution in [0, 0.1) is 5.92 Å². The Hall–Kier alpha value is -1.84. The second-order valence-corrected chi connectivity index (χ2v) is 7.89. The highest BCUT2D eigenvalue weighted by Crippen LogP contribution is 2.21. The molecule has 0 aromatic heterocycles. The Morgan fingerprint density at radius 3 is 2.52 bits per heavy atom. The fraction of sp³-hybridized carbons (Fsp3) is 0.435. The van der Waals surface area contributed by atoms with Crippen LogP contribution in [0.2, 0.25) is 5.02 Å². The summed E-state index contributed by atoms with van der Waals surface area (Å²) >= 11 is 5.98. The Labute approximate surface area is 167 Å². The van der Waals surface area contributed by atoms with Gasteiger partial charge in [-0.3, -0.25) is 4.79 Å². The monoisotopic (exact) mass is 384 g/mol. The summed E-state index contributed by atoms with van der Waals surface area (Å²) in [5, 5.41) is 3.77. The summed E-state index contributed by atoms with van der Waals surface area (Å²) in [6, 6.07) is 18.6. The van der Waals surface area contributed by atoms with Crippen molar-refractivity contribution in [2.75, 3.05) is 26.2 Å². The second kappa shape index (κ2) is 10.5. The van der Waals surface area contributed by atoms with Crippen LogP contribution in [0.1, 0.15) is 30.4 Å². The number of likely N-dealkylation sites (tertiary alicyclic amines) is 1. The van der Waals surface area contributed by atoms with Crippen LogP contribution in [0.5, 0.6) is 0 Å². The number of amides is 1. The Bertz CT molecular complexity index is 711. The molecule has 27 heavy (non-hydrogen) atoms. The summed E-state index contributed by atoms with van der Waals surface area (Å²) in [5.41, 5.74) is 2.60. The van der Waals surface area contributed by atoms with Crippen molar-refractivity contribution in [1.82, 2.24) is 10.2 Å². The van der Waals surface area contributed by atoms with E-state index < -0.39 is 0 Å². The second-order valence-electron chi connectivity index (χ2n) is 7.45. The highest BCUT2D eigenvalue weighted by atomic mass is 35.5. The fourth-order valence-corrected chi connectivity index (χ4v) is 3.96. The van der Waals surface area contributed by atoms with E-state index in [0.717, 1.165) is 42.6 Å². The number of piperidine rings is 1. The van der Waals surface area contributed by atoms with Gasteiger partial charge in [0, 0.05) is 24.5 Å². The standard InChI is InChI=1S/C23H29ClN2O/c24-22-8-4-7-20(18-22)9-13-25-23(27)12-16-26-14-10-21(11-15-26)17-19-5-2-1-3-6-19/h1-8,18,21H,9-17H2,(H,25,27). The zero-order valence-electron chi connectivity index (χ0n) is 15.9. The largest absolute Gasteiger partial charge is 0.356 e. The molecule has 4 heteroatoms. The zero-order chi connectivity index (χ0) is 18.9. The van der Waals surface area contributed by atoms with Gasteiger partial charge in [-0.2, -0.15) is 0 Å². The van der Waals surface area contributed by atoms with E-state index >= 15 is 0 Å². The van der Waals surface area contributed by atoms with Crippen LogP contribution in [-0.4, -0.2) is 37.0 Å². The van der Waals surface area contributed by atoms with Gasteiger partial charge in [0.15, 0.2) is 0 Å². The fourth-order valence-electron chi connectivity index (χ4n) is 3.75. The van der Waals surface area contributed by atoms with E-state index in [-0.39, 0.29) is 5.91 Å². The summed E-state index contributed by atoms with van der Waals surface area (Å²) in [7, 11) is 0. The van der Waals surface area contributed by atoms with Gasteiger partial charge in [-0.1, -0.05) is 54.1 Å². The lowest BCUT2D eigenvalue weighted by Crippen LogP contribution is -2.37. The zero-order valence-corrected chi connectivity index (χ0v) is 16.6. The van der Waals surface area contributed by atoms with Gasteiger partial charge < -0.3 is 10.2 Å². The van der Waals surface area contributed by atoms with E-state index in [0.29, 0.717) is 13.0 Å². The van der Waals surface area contributed by atoms with Crippen molar-refractivity contribution < 1.29 is 4.79 Å². The van der Waals surface area contributed by atoms with Gasteiger partial charge >= 0.3 is 0 Å². The van der Waals surface area contributed by atoms with E-state index in [2.05, 4.69) is 40.5 Å². The van der Waals surface area contributed by atoms with Crippen molar-refractivity contribution in [2.24, 2.45) is 5.92 Å². The number of rotatable bonds is 8. The molecule has 0 saturated carbocycles. The minimum Gasteiger partial charge on any atom is -0.356 e. The first-order valence-corrected chi connectivity index (χ1v) is 10.3. The molecule has 0 bridgehead atoms. The number of hydrogen-bond acceptors (Lipinski definition) is 2. The third kappa shape index (κ3) is 7.00. The maximum Gasteiger partial charge on any atom is 0.221 e. The molecule has 1 aliphatic rings. The SMILES string of the molecule is O=C(CCN1CCC(Cc2ccccc2)CC1)NCCc1cccc(Cl)c1. The Morgan fingerprint density at radius 1 is 1.04 bits per heavy atom. The van der Waals surface area contributed by atoms with Gasteiger partial charge in [-0.05, 0) is 68.0 Å². The topological polar surface area (TPSA) is 32.3 Å². The van der Waals surface area contributed by atoms with Gasteiger partial charge in [0.1, 0.15) is 0 Å². The van der Waals surface area contributed by atoms with Crippen LogP contribution in [0.3, 0.4) is 0 Å². The van der Waals surface area contributed by atoms with E-state index in [1.807, 2.05) is 24.3 Å². The molecule has 1 heterocycles. The van der Waals surface area contributed by atoms with Crippen LogP contribution in [0.15, 0.2) is 54.6 Å². The molecular weight excluding hydrogens is 356 g/mol. The van der Waals surface area contributed by atoms with Gasteiger partial charge in [-0.25, -0.2) is 0 Å². The predicted molar refractivity (Wildman–Crippen MR) is 112 cm³/mol. The van der Waals surface area contributed by atoms with Gasteiger partial charge in [0.05, 0.1) is 0 Å². The number of nitrogens with zero attached hydrogens (tertiary/aromatic N) is 1. The minimum absolute atomic E-state index is 0.142. The Morgan fingerprint density at radius 2 is 1.78 bits per heavy atom. The van der Waals surface area contributed by atoms with Crippen molar-refractivity contribution in [1.29, 1.82) is 0 Å². The normalized spacial score (nSPS) is 15.6. The van der Waals surface area contributed by atoms with Crippen LogP contribution in [0.4, 0.5) is 0 Å². The summed E-state index contributed by atoms with van der Waals surface area (Å²) in [5.74, 6) is 0.915. The third-order valence-corrected chi connectivity index (χ3v) is 5.59. The van der Waals surface area contributed by atoms with Gasteiger partial charge in [-0.15, -0.1) is 0 Å². The quantitative estimate of drug-likeness (QED) is 0.734. The first-order valence-electron chi connectivity index (χ1n) is 9.96. The van der Waals surface area contributed by atoms with Crippen LogP contribution < -0.4 is 5.32 Å². The molecule has 0 atom stereocenters. The van der Waals surface area contributed by atoms with Gasteiger partial charge in [0.25, 0.3) is 0 Å². The first kappa shape index (κ1) is 19.9. The van der Waals surface area contributed by atoms with Crippen LogP contribution in [-0.2, 0) is 17.6 Å². The molecule has 1 amide bonds. The molecule has 0 aliphatic carbocycles. The number of nitrogens with one attached hydrogen (secondary N) is 1. The average Bonchev–Trinajstić information content (AvgIpc) is 2.68. The highest BCUT2D eigenvalue weighted by molar-refractivity contribution is 6.30. The Kier molecular flexibility index (Phi) is 7.73. The lowest BCUT2D eigenvalue weighted by Gasteiger charge is -2.31. The number of hydrogen-bond donors (Lipinski definition) is 1. The predicted octanol–water partition coefficient (Wildman–Crippen LogP) is 4.34. The number of carbonyl (C=O) groups excluding carboxylic acids is 1. The summed E-state index contributed by atoms with van der Waals surface area (Å²) in [6.45, 7) is 3.74. The van der Waals surface area contributed by atoms with E-state index in [1.54, 1.807) is 0 Å². The molecular formula is C23H29ClN2O. The molecule has 0 spiro atoms. The maximum absolute atomic E-state index is 12.1. The van der Waals surface area contributed by atoms with E-state index in [1.165, 1.54) is 24.8 Å². The first-order chi connectivity index (χ1) is 13.2. The average molecular weight is 385 g/mol. The summed E-state index contributed by atoms with van der Waals surface area (Å²) in [6.07, 6.45) is 5.03. The number of carbonyl (C=O) groups is 1. The summed E-state index contributed by atoms with van der Waals surface area (Å²) < 4.78 is 0. The van der Waals surface area contributed by atoms with Gasteiger partial charge in [0.2, 0.25) is 5.91 Å². The van der Waals surface area contributed by atoms with Crippen molar-refractivity contribution in [2.45, 2.75) is 32.1 Å². The van der Waals surface area contributed by atoms with Crippen molar-refractivity contribution in [3.63, 3.8) is 0 Å². The highest BCUT2D eigenvalue weighted by Gasteiger charge is 2.19. The molecule has 0 unspecified atom stereocenters. The van der Waals surface area contributed by atoms with E-state index in [9.17, 15) is 4.79 Å². The van der Waals surface area contributed by atoms with Crippen molar-refractivity contribution >= 4 is 17.5 Å². The molecule has 3 rings (SSSR count). The van der Waals surface area contributed by atoms with Crippen molar-refractivity contribution in [3.8, 4) is 0 Å². The van der Waals surface area contributed by atoms with Crippen LogP contribution in [0.25, 0.3) is 0 Å². The molecule has 1 saturated heterocycles. The molecule has 3 nitrogen and oxygen atoms in total. The Balaban J connectivity index is 1.28. The molecule has 2 aromatic rings. The lowest BCUT2D eigenvalue weighted by atomic mass is 9.90.